The number of nitrogens with one attached hydrogen (secondary N) is 2. The largest absolute Gasteiger partial charge is 0.295 e. The molecule has 0 aliphatic carbocycles. The van der Waals surface area contributed by atoms with Gasteiger partial charge in [-0.15, -0.1) is 0 Å². The molecule has 0 atom stereocenters. The Kier molecular flexibility index (Phi) is 3.36. The molecule has 1 saturated heterocycles. The summed E-state index contributed by atoms with van der Waals surface area (Å²) in [6.07, 6.45) is 0.810. The lowest BCUT2D eigenvalue weighted by molar-refractivity contribution is 0.0912. The molecule has 3 nitrogen and oxygen atoms in total. The van der Waals surface area contributed by atoms with Crippen LogP contribution in [-0.2, 0) is 0 Å². The summed E-state index contributed by atoms with van der Waals surface area (Å²) in [6, 6.07) is 6.97. The monoisotopic (exact) mass is 224 g/mol. The second kappa shape index (κ2) is 4.75. The van der Waals surface area contributed by atoms with Gasteiger partial charge in [0.25, 0.3) is 0 Å². The van der Waals surface area contributed by atoms with Crippen LogP contribution in [0.1, 0.15) is 16.8 Å². The highest BCUT2D eigenvalue weighted by Crippen LogP contribution is 2.11. The molecule has 1 aromatic carbocycles. The van der Waals surface area contributed by atoms with E-state index in [1.54, 1.807) is 24.3 Å². The highest BCUT2D eigenvalue weighted by atomic mass is 35.5. The zero-order chi connectivity index (χ0) is 10.7. The molecule has 0 unspecified atom stereocenters. The highest BCUT2D eigenvalue weighted by Gasteiger charge is 2.20. The average molecular weight is 225 g/mol. The Morgan fingerprint density at radius 1 is 1.20 bits per heavy atom. The maximum Gasteiger partial charge on any atom is 0.194 e. The average Bonchev–Trinajstić information content (AvgIpc) is 2.30. The lowest BCUT2D eigenvalue weighted by Crippen LogP contribution is -2.53. The predicted octanol–water partition coefficient (Wildman–Crippen LogP) is 1.43. The summed E-state index contributed by atoms with van der Waals surface area (Å²) >= 11 is 5.76. The van der Waals surface area contributed by atoms with Crippen molar-refractivity contribution in [3.8, 4) is 0 Å². The summed E-state index contributed by atoms with van der Waals surface area (Å²) in [7, 11) is 0. The van der Waals surface area contributed by atoms with Crippen molar-refractivity contribution in [1.82, 2.24) is 10.6 Å². The van der Waals surface area contributed by atoms with Crippen molar-refractivity contribution in [2.45, 2.75) is 12.6 Å². The van der Waals surface area contributed by atoms with E-state index in [9.17, 15) is 4.79 Å². The van der Waals surface area contributed by atoms with Gasteiger partial charge in [-0.25, -0.2) is 0 Å². The van der Waals surface area contributed by atoms with E-state index in [1.807, 2.05) is 0 Å². The quantitative estimate of drug-likeness (QED) is 0.747. The van der Waals surface area contributed by atoms with Crippen molar-refractivity contribution < 1.29 is 4.79 Å². The molecule has 0 amide bonds. The fourth-order valence-electron chi connectivity index (χ4n) is 1.62. The topological polar surface area (TPSA) is 41.1 Å². The molecule has 1 aliphatic heterocycles. The Hall–Kier alpha value is -0.900. The van der Waals surface area contributed by atoms with Crippen LogP contribution in [0.25, 0.3) is 0 Å². The number of halogens is 1. The molecule has 1 heterocycles. The second-order valence-corrected chi connectivity index (χ2v) is 4.00. The van der Waals surface area contributed by atoms with E-state index in [2.05, 4.69) is 10.6 Å². The van der Waals surface area contributed by atoms with Crippen LogP contribution in [0, 0.1) is 0 Å². The minimum Gasteiger partial charge on any atom is -0.295 e. The third kappa shape index (κ3) is 2.56. The van der Waals surface area contributed by atoms with Gasteiger partial charge < -0.3 is 0 Å². The molecule has 1 aliphatic rings. The van der Waals surface area contributed by atoms with Gasteiger partial charge in [0, 0.05) is 10.6 Å². The molecule has 0 bridgehead atoms. The minimum atomic E-state index is -0.250. The zero-order valence-corrected chi connectivity index (χ0v) is 9.05. The summed E-state index contributed by atoms with van der Waals surface area (Å²) in [6.45, 7) is 1.77. The van der Waals surface area contributed by atoms with Crippen molar-refractivity contribution in [1.29, 1.82) is 0 Å². The summed E-state index contributed by atoms with van der Waals surface area (Å²) in [5.74, 6) is 0.0753. The fraction of sp³-hybridized carbons (Fsp3) is 0.364. The van der Waals surface area contributed by atoms with Gasteiger partial charge in [0.2, 0.25) is 0 Å². The number of hydrogen-bond donors (Lipinski definition) is 2. The third-order valence-electron chi connectivity index (χ3n) is 2.44. The number of benzene rings is 1. The Morgan fingerprint density at radius 3 is 2.40 bits per heavy atom. The summed E-state index contributed by atoms with van der Waals surface area (Å²) in [5.41, 5.74) is 0.686. The van der Waals surface area contributed by atoms with Crippen molar-refractivity contribution >= 4 is 17.4 Å². The Bertz CT molecular complexity index is 344. The number of ketones is 1. The van der Waals surface area contributed by atoms with Gasteiger partial charge in [-0.05, 0) is 43.8 Å². The summed E-state index contributed by atoms with van der Waals surface area (Å²) in [4.78, 5) is 11.9. The Labute approximate surface area is 93.8 Å². The van der Waals surface area contributed by atoms with Crippen LogP contribution < -0.4 is 10.6 Å². The van der Waals surface area contributed by atoms with Gasteiger partial charge >= 0.3 is 0 Å². The standard InChI is InChI=1S/C11H13ClN2O/c12-9-4-2-8(3-5-9)10(15)11-13-6-1-7-14-11/h2-5,11,13-14H,1,6-7H2. The minimum absolute atomic E-state index is 0.0753. The van der Waals surface area contributed by atoms with Gasteiger partial charge in [-0.1, -0.05) is 11.6 Å². The summed E-state index contributed by atoms with van der Waals surface area (Å²) in [5, 5.41) is 6.93. The third-order valence-corrected chi connectivity index (χ3v) is 2.69. The number of carbonyl (C=O) groups excluding carboxylic acids is 1. The van der Waals surface area contributed by atoms with Crippen LogP contribution in [0.5, 0.6) is 0 Å². The molecule has 1 aromatic rings. The molecule has 1 fully saturated rings. The van der Waals surface area contributed by atoms with E-state index in [0.29, 0.717) is 10.6 Å². The Balaban J connectivity index is 2.09. The first-order valence-corrected chi connectivity index (χ1v) is 5.42. The first-order chi connectivity index (χ1) is 7.27. The van der Waals surface area contributed by atoms with Crippen molar-refractivity contribution in [3.63, 3.8) is 0 Å². The van der Waals surface area contributed by atoms with E-state index >= 15 is 0 Å². The zero-order valence-electron chi connectivity index (χ0n) is 8.29. The maximum absolute atomic E-state index is 11.9. The maximum atomic E-state index is 11.9. The lowest BCUT2D eigenvalue weighted by atomic mass is 10.1. The highest BCUT2D eigenvalue weighted by molar-refractivity contribution is 6.30. The van der Waals surface area contributed by atoms with Crippen molar-refractivity contribution in [3.05, 3.63) is 34.9 Å². The molecule has 2 N–H and O–H groups in total. The fourth-order valence-corrected chi connectivity index (χ4v) is 1.75. The molecular formula is C11H13ClN2O. The predicted molar refractivity (Wildman–Crippen MR) is 60.2 cm³/mol. The van der Waals surface area contributed by atoms with E-state index in [4.69, 9.17) is 11.6 Å². The molecule has 0 aromatic heterocycles. The van der Waals surface area contributed by atoms with Crippen LogP contribution in [0.2, 0.25) is 5.02 Å². The molecule has 15 heavy (non-hydrogen) atoms. The first kappa shape index (κ1) is 10.6. The van der Waals surface area contributed by atoms with Crippen molar-refractivity contribution in [2.24, 2.45) is 0 Å². The van der Waals surface area contributed by atoms with E-state index < -0.39 is 0 Å². The summed E-state index contributed by atoms with van der Waals surface area (Å²) < 4.78 is 0. The molecule has 0 spiro atoms. The molecule has 2 rings (SSSR count). The molecule has 80 valence electrons. The van der Waals surface area contributed by atoms with Crippen LogP contribution in [-0.4, -0.2) is 25.0 Å². The Morgan fingerprint density at radius 2 is 1.80 bits per heavy atom. The van der Waals surface area contributed by atoms with Gasteiger partial charge in [0.15, 0.2) is 5.78 Å². The number of rotatable bonds is 2. The van der Waals surface area contributed by atoms with Crippen LogP contribution >= 0.6 is 11.6 Å². The second-order valence-electron chi connectivity index (χ2n) is 3.57. The van der Waals surface area contributed by atoms with Crippen LogP contribution in [0.4, 0.5) is 0 Å². The van der Waals surface area contributed by atoms with Crippen LogP contribution in [0.15, 0.2) is 24.3 Å². The number of hydrogen-bond acceptors (Lipinski definition) is 3. The van der Waals surface area contributed by atoms with Gasteiger partial charge in [-0.3, -0.25) is 15.4 Å². The van der Waals surface area contributed by atoms with Gasteiger partial charge in [0.05, 0.1) is 0 Å². The SMILES string of the molecule is O=C(c1ccc(Cl)cc1)C1NCCCN1. The number of carbonyl (C=O) groups is 1. The molecule has 4 heteroatoms. The first-order valence-electron chi connectivity index (χ1n) is 5.04. The van der Waals surface area contributed by atoms with E-state index in [1.165, 1.54) is 0 Å². The molecule has 0 saturated carbocycles. The number of Topliss-reactive ketones (excluding diaryl/α,β-unsaturated/α-hetero) is 1. The van der Waals surface area contributed by atoms with Gasteiger partial charge in [0.1, 0.15) is 6.17 Å². The normalized spacial score (nSPS) is 17.7. The molecular weight excluding hydrogens is 212 g/mol. The van der Waals surface area contributed by atoms with Crippen LogP contribution in [0.3, 0.4) is 0 Å². The molecule has 0 radical (unpaired) electrons. The lowest BCUT2D eigenvalue weighted by Gasteiger charge is -2.23. The van der Waals surface area contributed by atoms with Crippen molar-refractivity contribution in [2.75, 3.05) is 13.1 Å². The van der Waals surface area contributed by atoms with E-state index in [0.717, 1.165) is 19.5 Å². The van der Waals surface area contributed by atoms with Gasteiger partial charge in [-0.2, -0.15) is 0 Å². The smallest absolute Gasteiger partial charge is 0.194 e. The van der Waals surface area contributed by atoms with E-state index in [-0.39, 0.29) is 11.9 Å².